The second kappa shape index (κ2) is 3.52. The SMILES string of the molecule is CN=C(C#N)c1ccccc1. The summed E-state index contributed by atoms with van der Waals surface area (Å²) in [4.78, 5) is 3.83. The van der Waals surface area contributed by atoms with Crippen LogP contribution in [0.2, 0.25) is 0 Å². The summed E-state index contributed by atoms with van der Waals surface area (Å²) in [6.07, 6.45) is 0. The lowest BCUT2D eigenvalue weighted by atomic mass is 10.1. The Hall–Kier alpha value is -1.62. The Kier molecular flexibility index (Phi) is 2.40. The van der Waals surface area contributed by atoms with Gasteiger partial charge >= 0.3 is 0 Å². The van der Waals surface area contributed by atoms with E-state index in [1.165, 1.54) is 0 Å². The van der Waals surface area contributed by atoms with Gasteiger partial charge in [0.1, 0.15) is 11.8 Å². The molecule has 0 saturated carbocycles. The Labute approximate surface area is 65.8 Å². The van der Waals surface area contributed by atoms with Crippen LogP contribution < -0.4 is 0 Å². The molecule has 0 fully saturated rings. The van der Waals surface area contributed by atoms with Crippen molar-refractivity contribution in [1.29, 1.82) is 5.26 Å². The number of rotatable bonds is 1. The van der Waals surface area contributed by atoms with E-state index in [9.17, 15) is 0 Å². The van der Waals surface area contributed by atoms with Gasteiger partial charge in [0.15, 0.2) is 0 Å². The van der Waals surface area contributed by atoms with Gasteiger partial charge in [0.05, 0.1) is 0 Å². The van der Waals surface area contributed by atoms with Crippen LogP contribution in [0.1, 0.15) is 5.56 Å². The van der Waals surface area contributed by atoms with Crippen LogP contribution in [0.3, 0.4) is 0 Å². The van der Waals surface area contributed by atoms with Crippen LogP contribution in [0.25, 0.3) is 0 Å². The van der Waals surface area contributed by atoms with Crippen molar-refractivity contribution in [3.8, 4) is 6.07 Å². The topological polar surface area (TPSA) is 36.1 Å². The highest BCUT2D eigenvalue weighted by Gasteiger charge is 1.96. The summed E-state index contributed by atoms with van der Waals surface area (Å²) in [5.41, 5.74) is 1.35. The Morgan fingerprint density at radius 1 is 1.36 bits per heavy atom. The Balaban J connectivity index is 3.05. The summed E-state index contributed by atoms with van der Waals surface area (Å²) < 4.78 is 0. The predicted molar refractivity (Wildman–Crippen MR) is 44.5 cm³/mol. The Bertz CT molecular complexity index is 293. The minimum Gasteiger partial charge on any atom is -0.277 e. The second-order valence-corrected chi connectivity index (χ2v) is 2.05. The molecule has 0 unspecified atom stereocenters. The monoisotopic (exact) mass is 144 g/mol. The lowest BCUT2D eigenvalue weighted by molar-refractivity contribution is 1.42. The van der Waals surface area contributed by atoms with E-state index >= 15 is 0 Å². The van der Waals surface area contributed by atoms with Crippen LogP contribution in [0.5, 0.6) is 0 Å². The molecule has 0 heterocycles. The van der Waals surface area contributed by atoms with Crippen LogP contribution in [0.4, 0.5) is 0 Å². The van der Waals surface area contributed by atoms with Crippen molar-refractivity contribution in [2.45, 2.75) is 0 Å². The minimum atomic E-state index is 0.477. The first-order valence-electron chi connectivity index (χ1n) is 3.31. The molecule has 0 aliphatic heterocycles. The van der Waals surface area contributed by atoms with Gasteiger partial charge in [-0.2, -0.15) is 5.26 Å². The van der Waals surface area contributed by atoms with Crippen molar-refractivity contribution in [3.63, 3.8) is 0 Å². The van der Waals surface area contributed by atoms with Gasteiger partial charge < -0.3 is 0 Å². The van der Waals surface area contributed by atoms with Crippen molar-refractivity contribution in [1.82, 2.24) is 0 Å². The average Bonchev–Trinajstić information content (AvgIpc) is 2.09. The molecule has 2 nitrogen and oxygen atoms in total. The maximum absolute atomic E-state index is 8.60. The van der Waals surface area contributed by atoms with Crippen LogP contribution in [0, 0.1) is 11.3 Å². The molecule has 0 N–H and O–H groups in total. The summed E-state index contributed by atoms with van der Waals surface area (Å²) in [6, 6.07) is 11.4. The molecule has 54 valence electrons. The molecule has 0 bridgehead atoms. The number of benzene rings is 1. The maximum atomic E-state index is 8.60. The third-order valence-corrected chi connectivity index (χ3v) is 1.38. The van der Waals surface area contributed by atoms with Crippen molar-refractivity contribution in [3.05, 3.63) is 35.9 Å². The normalized spacial score (nSPS) is 10.7. The van der Waals surface area contributed by atoms with Gasteiger partial charge in [-0.3, -0.25) is 4.99 Å². The molecule has 0 radical (unpaired) electrons. The van der Waals surface area contributed by atoms with E-state index in [1.807, 2.05) is 36.4 Å². The zero-order valence-corrected chi connectivity index (χ0v) is 6.28. The van der Waals surface area contributed by atoms with Crippen LogP contribution >= 0.6 is 0 Å². The average molecular weight is 144 g/mol. The molecule has 0 aliphatic carbocycles. The van der Waals surface area contributed by atoms with Crippen molar-refractivity contribution in [2.75, 3.05) is 7.05 Å². The van der Waals surface area contributed by atoms with E-state index in [-0.39, 0.29) is 0 Å². The van der Waals surface area contributed by atoms with Gasteiger partial charge in [-0.05, 0) is 0 Å². The zero-order valence-electron chi connectivity index (χ0n) is 6.28. The molecule has 2 heteroatoms. The van der Waals surface area contributed by atoms with Crippen molar-refractivity contribution < 1.29 is 0 Å². The highest BCUT2D eigenvalue weighted by atomic mass is 14.7. The van der Waals surface area contributed by atoms with E-state index in [0.29, 0.717) is 5.71 Å². The summed E-state index contributed by atoms with van der Waals surface area (Å²) in [7, 11) is 1.62. The Morgan fingerprint density at radius 2 is 2.00 bits per heavy atom. The van der Waals surface area contributed by atoms with Gasteiger partial charge in [-0.25, -0.2) is 0 Å². The lowest BCUT2D eigenvalue weighted by Crippen LogP contribution is -1.95. The second-order valence-electron chi connectivity index (χ2n) is 2.05. The molecule has 0 atom stereocenters. The van der Waals surface area contributed by atoms with Crippen molar-refractivity contribution in [2.24, 2.45) is 4.99 Å². The van der Waals surface area contributed by atoms with Gasteiger partial charge in [0, 0.05) is 12.6 Å². The lowest BCUT2D eigenvalue weighted by Gasteiger charge is -1.93. The highest BCUT2D eigenvalue weighted by Crippen LogP contribution is 1.99. The predicted octanol–water partition coefficient (Wildman–Crippen LogP) is 1.63. The molecule has 1 aromatic rings. The van der Waals surface area contributed by atoms with E-state index < -0.39 is 0 Å². The fraction of sp³-hybridized carbons (Fsp3) is 0.111. The van der Waals surface area contributed by atoms with Crippen LogP contribution in [-0.2, 0) is 0 Å². The molecule has 0 spiro atoms. The molecule has 1 rings (SSSR count). The first-order valence-corrected chi connectivity index (χ1v) is 3.31. The smallest absolute Gasteiger partial charge is 0.142 e. The third-order valence-electron chi connectivity index (χ3n) is 1.38. The first kappa shape index (κ1) is 7.49. The summed E-state index contributed by atoms with van der Waals surface area (Å²) in [5, 5.41) is 8.60. The number of nitriles is 1. The molecule has 0 aromatic heterocycles. The minimum absolute atomic E-state index is 0.477. The molecule has 0 aliphatic rings. The van der Waals surface area contributed by atoms with E-state index in [0.717, 1.165) is 5.56 Å². The quantitative estimate of drug-likeness (QED) is 0.552. The van der Waals surface area contributed by atoms with Gasteiger partial charge in [-0.15, -0.1) is 0 Å². The van der Waals surface area contributed by atoms with E-state index in [4.69, 9.17) is 5.26 Å². The summed E-state index contributed by atoms with van der Waals surface area (Å²) >= 11 is 0. The molecule has 1 aromatic carbocycles. The number of nitrogens with zero attached hydrogens (tertiary/aromatic N) is 2. The number of hydrogen-bond acceptors (Lipinski definition) is 2. The Morgan fingerprint density at radius 3 is 2.45 bits per heavy atom. The van der Waals surface area contributed by atoms with E-state index in [2.05, 4.69) is 4.99 Å². The van der Waals surface area contributed by atoms with Crippen LogP contribution in [-0.4, -0.2) is 12.8 Å². The standard InChI is InChI=1S/C9H8N2/c1-11-9(7-10)8-5-3-2-4-6-8/h2-6H,1H3. The molecule has 11 heavy (non-hydrogen) atoms. The van der Waals surface area contributed by atoms with Crippen LogP contribution in [0.15, 0.2) is 35.3 Å². The molecule has 0 amide bonds. The fourth-order valence-electron chi connectivity index (χ4n) is 0.840. The summed E-state index contributed by atoms with van der Waals surface area (Å²) in [5.74, 6) is 0. The third kappa shape index (κ3) is 1.65. The molecular formula is C9H8N2. The number of aliphatic imine (C=N–C) groups is 1. The van der Waals surface area contributed by atoms with Gasteiger partial charge in [-0.1, -0.05) is 30.3 Å². The fourth-order valence-corrected chi connectivity index (χ4v) is 0.840. The number of hydrogen-bond donors (Lipinski definition) is 0. The van der Waals surface area contributed by atoms with Gasteiger partial charge in [0.2, 0.25) is 0 Å². The largest absolute Gasteiger partial charge is 0.277 e. The van der Waals surface area contributed by atoms with Crippen molar-refractivity contribution >= 4 is 5.71 Å². The molecule has 0 saturated heterocycles. The maximum Gasteiger partial charge on any atom is 0.142 e. The zero-order chi connectivity index (χ0) is 8.10. The van der Waals surface area contributed by atoms with Gasteiger partial charge in [0.25, 0.3) is 0 Å². The first-order chi connectivity index (χ1) is 5.38. The highest BCUT2D eigenvalue weighted by molar-refractivity contribution is 6.11. The van der Waals surface area contributed by atoms with E-state index in [1.54, 1.807) is 7.05 Å². The molecular weight excluding hydrogens is 136 g/mol. The summed E-state index contributed by atoms with van der Waals surface area (Å²) in [6.45, 7) is 0.